The van der Waals surface area contributed by atoms with Crippen molar-refractivity contribution < 1.29 is 22.4 Å². The van der Waals surface area contributed by atoms with Gasteiger partial charge in [0.25, 0.3) is 0 Å². The molecule has 0 spiro atoms. The van der Waals surface area contributed by atoms with E-state index in [0.717, 1.165) is 33.8 Å². The van der Waals surface area contributed by atoms with Crippen molar-refractivity contribution in [1.29, 1.82) is 0 Å². The van der Waals surface area contributed by atoms with Gasteiger partial charge in [-0.3, -0.25) is 4.68 Å². The molecular formula is C20H16F4N6O. The Morgan fingerprint density at radius 1 is 1.13 bits per heavy atom. The fraction of sp³-hybridized carbons (Fsp3) is 0.150. The molecule has 0 atom stereocenters. The minimum atomic E-state index is -4.67. The SMILES string of the molecule is Cn1ncc2c(NC(=O)NCc3cc(C(F)(F)F)nn3-c3ccc(F)cc3)cccc21. The van der Waals surface area contributed by atoms with E-state index in [1.165, 1.54) is 12.1 Å². The van der Waals surface area contributed by atoms with Crippen LogP contribution in [0.2, 0.25) is 0 Å². The quantitative estimate of drug-likeness (QED) is 0.474. The van der Waals surface area contributed by atoms with E-state index in [0.29, 0.717) is 5.69 Å². The number of fused-ring (bicyclic) bond motifs is 1. The number of carbonyl (C=O) groups is 1. The number of halogens is 4. The molecule has 0 radical (unpaired) electrons. The number of aryl methyl sites for hydroxylation is 1. The fourth-order valence-corrected chi connectivity index (χ4v) is 3.11. The first-order valence-corrected chi connectivity index (χ1v) is 9.10. The zero-order valence-electron chi connectivity index (χ0n) is 16.1. The van der Waals surface area contributed by atoms with Crippen LogP contribution in [0.4, 0.5) is 28.0 Å². The molecule has 2 heterocycles. The van der Waals surface area contributed by atoms with Crippen LogP contribution in [0.25, 0.3) is 16.6 Å². The van der Waals surface area contributed by atoms with Crippen LogP contribution in [0.5, 0.6) is 0 Å². The summed E-state index contributed by atoms with van der Waals surface area (Å²) in [6.45, 7) is -0.241. The first-order valence-electron chi connectivity index (χ1n) is 9.10. The number of hydrogen-bond donors (Lipinski definition) is 2. The summed E-state index contributed by atoms with van der Waals surface area (Å²) in [7, 11) is 1.76. The Kier molecular flexibility index (Phi) is 5.09. The molecule has 2 amide bonds. The van der Waals surface area contributed by atoms with Crippen molar-refractivity contribution in [3.05, 3.63) is 71.9 Å². The topological polar surface area (TPSA) is 76.8 Å². The van der Waals surface area contributed by atoms with Crippen LogP contribution in [-0.2, 0) is 19.8 Å². The van der Waals surface area contributed by atoms with E-state index in [1.54, 1.807) is 30.1 Å². The summed E-state index contributed by atoms with van der Waals surface area (Å²) in [5, 5.41) is 13.6. The van der Waals surface area contributed by atoms with Crippen molar-refractivity contribution in [2.75, 3.05) is 5.32 Å². The minimum absolute atomic E-state index is 0.0775. The van der Waals surface area contributed by atoms with E-state index in [9.17, 15) is 22.4 Å². The van der Waals surface area contributed by atoms with Crippen LogP contribution in [0.15, 0.2) is 54.7 Å². The lowest BCUT2D eigenvalue weighted by Gasteiger charge is -2.10. The second-order valence-corrected chi connectivity index (χ2v) is 6.72. The van der Waals surface area contributed by atoms with Gasteiger partial charge < -0.3 is 10.6 Å². The van der Waals surface area contributed by atoms with Crippen molar-refractivity contribution in [3.63, 3.8) is 0 Å². The third-order valence-corrected chi connectivity index (χ3v) is 4.61. The van der Waals surface area contributed by atoms with Crippen LogP contribution in [0.1, 0.15) is 11.4 Å². The number of aromatic nitrogens is 4. The number of alkyl halides is 3. The molecule has 0 aliphatic carbocycles. The molecule has 0 saturated carbocycles. The monoisotopic (exact) mass is 432 g/mol. The summed E-state index contributed by atoms with van der Waals surface area (Å²) in [6.07, 6.45) is -3.07. The van der Waals surface area contributed by atoms with Crippen LogP contribution in [0, 0.1) is 5.82 Å². The molecule has 31 heavy (non-hydrogen) atoms. The standard InChI is InChI=1S/C20H16F4N6O/c1-29-17-4-2-3-16(15(17)11-26-29)27-19(31)25-10-14-9-18(20(22,23)24)28-30(14)13-7-5-12(21)6-8-13/h2-9,11H,10H2,1H3,(H2,25,27,31). The molecule has 0 bridgehead atoms. The van der Waals surface area contributed by atoms with E-state index in [4.69, 9.17) is 0 Å². The molecule has 160 valence electrons. The third kappa shape index (κ3) is 4.20. The number of hydrogen-bond acceptors (Lipinski definition) is 3. The molecule has 0 aliphatic heterocycles. The van der Waals surface area contributed by atoms with Crippen LogP contribution in [0.3, 0.4) is 0 Å². The smallest absolute Gasteiger partial charge is 0.332 e. The van der Waals surface area contributed by atoms with Crippen LogP contribution >= 0.6 is 0 Å². The zero-order valence-corrected chi connectivity index (χ0v) is 16.1. The molecule has 7 nitrogen and oxygen atoms in total. The summed E-state index contributed by atoms with van der Waals surface area (Å²) in [5.41, 5.74) is 0.505. The minimum Gasteiger partial charge on any atom is -0.332 e. The second-order valence-electron chi connectivity index (χ2n) is 6.72. The largest absolute Gasteiger partial charge is 0.435 e. The van der Waals surface area contributed by atoms with Gasteiger partial charge >= 0.3 is 12.2 Å². The highest BCUT2D eigenvalue weighted by molar-refractivity contribution is 6.00. The molecule has 2 N–H and O–H groups in total. The molecule has 0 unspecified atom stereocenters. The Morgan fingerprint density at radius 3 is 2.58 bits per heavy atom. The number of nitrogens with one attached hydrogen (secondary N) is 2. The summed E-state index contributed by atoms with van der Waals surface area (Å²) in [4.78, 5) is 12.4. The molecular weight excluding hydrogens is 416 g/mol. The molecule has 0 fully saturated rings. The predicted molar refractivity (Wildman–Crippen MR) is 105 cm³/mol. The number of urea groups is 1. The Hall–Kier alpha value is -3.89. The molecule has 4 rings (SSSR count). The normalized spacial score (nSPS) is 11.6. The van der Waals surface area contributed by atoms with E-state index in [1.807, 2.05) is 6.07 Å². The number of carbonyl (C=O) groups excluding carboxylic acids is 1. The Balaban J connectivity index is 1.55. The second kappa shape index (κ2) is 7.74. The van der Waals surface area contributed by atoms with Gasteiger partial charge in [-0.1, -0.05) is 6.07 Å². The van der Waals surface area contributed by atoms with Crippen molar-refractivity contribution in [2.24, 2.45) is 7.05 Å². The number of nitrogens with zero attached hydrogens (tertiary/aromatic N) is 4. The summed E-state index contributed by atoms with van der Waals surface area (Å²) < 4.78 is 55.3. The van der Waals surface area contributed by atoms with Crippen molar-refractivity contribution in [2.45, 2.75) is 12.7 Å². The lowest BCUT2D eigenvalue weighted by molar-refractivity contribution is -0.141. The zero-order chi connectivity index (χ0) is 22.2. The first-order chi connectivity index (χ1) is 14.7. The molecule has 0 saturated heterocycles. The average molecular weight is 432 g/mol. The summed E-state index contributed by atoms with van der Waals surface area (Å²) in [6, 6.07) is 10.3. The molecule has 2 aromatic carbocycles. The maximum atomic E-state index is 13.2. The van der Waals surface area contributed by atoms with E-state index in [2.05, 4.69) is 20.8 Å². The van der Waals surface area contributed by atoms with Gasteiger partial charge in [-0.25, -0.2) is 13.9 Å². The van der Waals surface area contributed by atoms with E-state index < -0.39 is 23.7 Å². The van der Waals surface area contributed by atoms with Gasteiger partial charge in [0.05, 0.1) is 35.3 Å². The van der Waals surface area contributed by atoms with Crippen LogP contribution < -0.4 is 10.6 Å². The highest BCUT2D eigenvalue weighted by atomic mass is 19.4. The Morgan fingerprint density at radius 2 is 1.87 bits per heavy atom. The maximum Gasteiger partial charge on any atom is 0.435 e. The lowest BCUT2D eigenvalue weighted by atomic mass is 10.2. The van der Waals surface area contributed by atoms with Gasteiger partial charge in [0.2, 0.25) is 0 Å². The van der Waals surface area contributed by atoms with E-state index >= 15 is 0 Å². The van der Waals surface area contributed by atoms with Crippen molar-refractivity contribution in [3.8, 4) is 5.69 Å². The molecule has 0 aliphatic rings. The van der Waals surface area contributed by atoms with Gasteiger partial charge in [0.1, 0.15) is 5.82 Å². The van der Waals surface area contributed by atoms with Crippen LogP contribution in [-0.4, -0.2) is 25.6 Å². The van der Waals surface area contributed by atoms with Gasteiger partial charge in [-0.05, 0) is 42.5 Å². The van der Waals surface area contributed by atoms with E-state index in [-0.39, 0.29) is 17.9 Å². The Labute approximate surface area is 173 Å². The van der Waals surface area contributed by atoms with Crippen molar-refractivity contribution >= 4 is 22.6 Å². The lowest BCUT2D eigenvalue weighted by Crippen LogP contribution is -2.29. The van der Waals surface area contributed by atoms with Crippen molar-refractivity contribution in [1.82, 2.24) is 24.9 Å². The predicted octanol–water partition coefficient (Wildman–Crippen LogP) is 4.24. The molecule has 2 aromatic heterocycles. The van der Waals surface area contributed by atoms with Gasteiger partial charge in [-0.2, -0.15) is 23.4 Å². The number of benzene rings is 2. The average Bonchev–Trinajstić information content (AvgIpc) is 3.32. The van der Waals surface area contributed by atoms with Gasteiger partial charge in [-0.15, -0.1) is 0 Å². The van der Waals surface area contributed by atoms with Gasteiger partial charge in [0, 0.05) is 12.4 Å². The molecule has 11 heteroatoms. The van der Waals surface area contributed by atoms with Gasteiger partial charge in [0.15, 0.2) is 5.69 Å². The summed E-state index contributed by atoms with van der Waals surface area (Å²) >= 11 is 0. The number of anilines is 1. The Bertz CT molecular complexity index is 1240. The third-order valence-electron chi connectivity index (χ3n) is 4.61. The molecule has 4 aromatic rings. The fourth-order valence-electron chi connectivity index (χ4n) is 3.11. The number of amides is 2. The highest BCUT2D eigenvalue weighted by Gasteiger charge is 2.35. The first kappa shape index (κ1) is 20.4. The highest BCUT2D eigenvalue weighted by Crippen LogP contribution is 2.29. The number of rotatable bonds is 4. The summed E-state index contributed by atoms with van der Waals surface area (Å²) in [5.74, 6) is -0.532. The maximum absolute atomic E-state index is 13.2.